The molecule has 0 aliphatic carbocycles. The van der Waals surface area contributed by atoms with E-state index in [2.05, 4.69) is 14.9 Å². The Bertz CT molecular complexity index is 624. The molecule has 1 saturated heterocycles. The van der Waals surface area contributed by atoms with Gasteiger partial charge in [-0.15, -0.1) is 0 Å². The van der Waals surface area contributed by atoms with Gasteiger partial charge in [0.2, 0.25) is 0 Å². The number of halogens is 2. The number of imidazole rings is 1. The molecule has 1 fully saturated rings. The average Bonchev–Trinajstić information content (AvgIpc) is 3.16. The highest BCUT2D eigenvalue weighted by atomic mass is 35.5. The molecule has 6 heteroatoms. The zero-order valence-corrected chi connectivity index (χ0v) is 13.8. The SMILES string of the molecule is Clc1ccc(Cn2ccnc2CNC[C@@H]2CCCO2)cc1Cl. The highest BCUT2D eigenvalue weighted by Gasteiger charge is 2.15. The summed E-state index contributed by atoms with van der Waals surface area (Å²) in [5, 5.41) is 4.58. The second kappa shape index (κ2) is 7.47. The third-order valence-corrected chi connectivity index (χ3v) is 4.56. The van der Waals surface area contributed by atoms with Crippen molar-refractivity contribution in [3.8, 4) is 0 Å². The molecule has 118 valence electrons. The summed E-state index contributed by atoms with van der Waals surface area (Å²) < 4.78 is 7.72. The maximum atomic E-state index is 6.07. The fourth-order valence-electron chi connectivity index (χ4n) is 2.64. The summed E-state index contributed by atoms with van der Waals surface area (Å²) in [6.07, 6.45) is 6.45. The van der Waals surface area contributed by atoms with Crippen molar-refractivity contribution in [2.45, 2.75) is 32.0 Å². The van der Waals surface area contributed by atoms with Crippen molar-refractivity contribution in [1.29, 1.82) is 0 Å². The Morgan fingerprint density at radius 2 is 2.23 bits per heavy atom. The van der Waals surface area contributed by atoms with Crippen LogP contribution in [0.4, 0.5) is 0 Å². The third kappa shape index (κ3) is 4.02. The lowest BCUT2D eigenvalue weighted by Gasteiger charge is -2.12. The fourth-order valence-corrected chi connectivity index (χ4v) is 2.96. The Labute approximate surface area is 140 Å². The third-order valence-electron chi connectivity index (χ3n) is 3.82. The first kappa shape index (κ1) is 15.8. The summed E-state index contributed by atoms with van der Waals surface area (Å²) in [5.41, 5.74) is 1.10. The van der Waals surface area contributed by atoms with Crippen LogP contribution in [-0.4, -0.2) is 28.8 Å². The number of nitrogens with zero attached hydrogens (tertiary/aromatic N) is 2. The maximum Gasteiger partial charge on any atom is 0.122 e. The second-order valence-corrected chi connectivity index (χ2v) is 6.30. The van der Waals surface area contributed by atoms with E-state index >= 15 is 0 Å². The van der Waals surface area contributed by atoms with Crippen LogP contribution in [0.25, 0.3) is 0 Å². The molecule has 2 aromatic rings. The van der Waals surface area contributed by atoms with Crippen LogP contribution in [0.3, 0.4) is 0 Å². The van der Waals surface area contributed by atoms with Crippen molar-refractivity contribution in [2.24, 2.45) is 0 Å². The Hall–Kier alpha value is -1.07. The van der Waals surface area contributed by atoms with Crippen LogP contribution in [0.1, 0.15) is 24.2 Å². The van der Waals surface area contributed by atoms with E-state index in [1.54, 1.807) is 0 Å². The number of rotatable bonds is 6. The molecule has 0 unspecified atom stereocenters. The largest absolute Gasteiger partial charge is 0.377 e. The minimum atomic E-state index is 0.346. The number of nitrogens with one attached hydrogen (secondary N) is 1. The lowest BCUT2D eigenvalue weighted by molar-refractivity contribution is 0.109. The maximum absolute atomic E-state index is 6.07. The van der Waals surface area contributed by atoms with Crippen LogP contribution in [0.5, 0.6) is 0 Å². The molecule has 1 N–H and O–H groups in total. The smallest absolute Gasteiger partial charge is 0.122 e. The Morgan fingerprint density at radius 1 is 1.32 bits per heavy atom. The topological polar surface area (TPSA) is 39.1 Å². The molecule has 0 spiro atoms. The standard InChI is InChI=1S/C16H19Cl2N3O/c17-14-4-3-12(8-15(14)18)11-21-6-5-20-16(21)10-19-9-13-2-1-7-22-13/h3-6,8,13,19H,1-2,7,9-11H2/t13-/m0/s1. The number of aromatic nitrogens is 2. The van der Waals surface area contributed by atoms with E-state index in [4.69, 9.17) is 27.9 Å². The summed E-state index contributed by atoms with van der Waals surface area (Å²) in [6.45, 7) is 3.22. The second-order valence-electron chi connectivity index (χ2n) is 5.49. The van der Waals surface area contributed by atoms with Gasteiger partial charge in [0.05, 0.1) is 22.7 Å². The highest BCUT2D eigenvalue weighted by molar-refractivity contribution is 6.42. The number of hydrogen-bond acceptors (Lipinski definition) is 3. The molecule has 1 aliphatic heterocycles. The Kier molecular flexibility index (Phi) is 5.37. The fraction of sp³-hybridized carbons (Fsp3) is 0.438. The van der Waals surface area contributed by atoms with Crippen LogP contribution in [0, 0.1) is 0 Å². The lowest BCUT2D eigenvalue weighted by atomic mass is 10.2. The van der Waals surface area contributed by atoms with Gasteiger partial charge in [-0.3, -0.25) is 0 Å². The summed E-state index contributed by atoms with van der Waals surface area (Å²) in [5.74, 6) is 1.00. The summed E-state index contributed by atoms with van der Waals surface area (Å²) in [6, 6.07) is 5.71. The van der Waals surface area contributed by atoms with Crippen LogP contribution < -0.4 is 5.32 Å². The van der Waals surface area contributed by atoms with Gasteiger partial charge in [0.25, 0.3) is 0 Å². The number of hydrogen-bond donors (Lipinski definition) is 1. The Morgan fingerprint density at radius 3 is 3.00 bits per heavy atom. The van der Waals surface area contributed by atoms with E-state index in [-0.39, 0.29) is 0 Å². The van der Waals surface area contributed by atoms with E-state index in [1.165, 1.54) is 0 Å². The van der Waals surface area contributed by atoms with E-state index in [0.29, 0.717) is 16.1 Å². The van der Waals surface area contributed by atoms with Gasteiger partial charge in [0.1, 0.15) is 5.82 Å². The van der Waals surface area contributed by atoms with Gasteiger partial charge < -0.3 is 14.6 Å². The predicted molar refractivity (Wildman–Crippen MR) is 88.5 cm³/mol. The van der Waals surface area contributed by atoms with Crippen molar-refractivity contribution < 1.29 is 4.74 Å². The van der Waals surface area contributed by atoms with Gasteiger partial charge in [-0.05, 0) is 30.5 Å². The molecule has 2 heterocycles. The molecular formula is C16H19Cl2N3O. The van der Waals surface area contributed by atoms with Gasteiger partial charge in [-0.2, -0.15) is 0 Å². The first-order valence-electron chi connectivity index (χ1n) is 7.48. The van der Waals surface area contributed by atoms with E-state index in [0.717, 1.165) is 50.5 Å². The first-order chi connectivity index (χ1) is 10.7. The van der Waals surface area contributed by atoms with E-state index in [1.807, 2.05) is 30.6 Å². The van der Waals surface area contributed by atoms with Crippen molar-refractivity contribution in [1.82, 2.24) is 14.9 Å². The van der Waals surface area contributed by atoms with Crippen molar-refractivity contribution in [3.05, 3.63) is 52.0 Å². The Balaban J connectivity index is 1.57. The molecular weight excluding hydrogens is 321 g/mol. The zero-order valence-electron chi connectivity index (χ0n) is 12.3. The van der Waals surface area contributed by atoms with E-state index < -0.39 is 0 Å². The molecule has 0 radical (unpaired) electrons. The van der Waals surface area contributed by atoms with Crippen molar-refractivity contribution in [2.75, 3.05) is 13.2 Å². The average molecular weight is 340 g/mol. The number of benzene rings is 1. The van der Waals surface area contributed by atoms with Crippen LogP contribution >= 0.6 is 23.2 Å². The van der Waals surface area contributed by atoms with Gasteiger partial charge in [-0.25, -0.2) is 4.98 Å². The van der Waals surface area contributed by atoms with Crippen LogP contribution in [0.2, 0.25) is 10.0 Å². The van der Waals surface area contributed by atoms with Gasteiger partial charge in [-0.1, -0.05) is 29.3 Å². The van der Waals surface area contributed by atoms with Gasteiger partial charge in [0.15, 0.2) is 0 Å². The predicted octanol–water partition coefficient (Wildman–Crippen LogP) is 3.51. The van der Waals surface area contributed by atoms with Crippen molar-refractivity contribution >= 4 is 23.2 Å². The molecule has 4 nitrogen and oxygen atoms in total. The quantitative estimate of drug-likeness (QED) is 0.875. The molecule has 1 aromatic carbocycles. The molecule has 0 bridgehead atoms. The lowest BCUT2D eigenvalue weighted by Crippen LogP contribution is -2.27. The van der Waals surface area contributed by atoms with Crippen LogP contribution in [-0.2, 0) is 17.8 Å². The van der Waals surface area contributed by atoms with Crippen LogP contribution in [0.15, 0.2) is 30.6 Å². The minimum absolute atomic E-state index is 0.346. The number of ether oxygens (including phenoxy) is 1. The molecule has 0 amide bonds. The molecule has 1 atom stereocenters. The summed E-state index contributed by atoms with van der Waals surface area (Å²) >= 11 is 12.0. The minimum Gasteiger partial charge on any atom is -0.377 e. The zero-order chi connectivity index (χ0) is 15.4. The normalized spacial score (nSPS) is 18.0. The first-order valence-corrected chi connectivity index (χ1v) is 8.24. The van der Waals surface area contributed by atoms with Gasteiger partial charge in [0, 0.05) is 32.1 Å². The van der Waals surface area contributed by atoms with E-state index in [9.17, 15) is 0 Å². The van der Waals surface area contributed by atoms with Crippen molar-refractivity contribution in [3.63, 3.8) is 0 Å². The molecule has 1 aromatic heterocycles. The summed E-state index contributed by atoms with van der Waals surface area (Å²) in [7, 11) is 0. The molecule has 0 saturated carbocycles. The summed E-state index contributed by atoms with van der Waals surface area (Å²) in [4.78, 5) is 4.42. The van der Waals surface area contributed by atoms with Gasteiger partial charge >= 0.3 is 0 Å². The molecule has 22 heavy (non-hydrogen) atoms. The molecule has 1 aliphatic rings. The monoisotopic (exact) mass is 339 g/mol. The highest BCUT2D eigenvalue weighted by Crippen LogP contribution is 2.23. The molecule has 3 rings (SSSR count).